The zero-order valence-corrected chi connectivity index (χ0v) is 15.1. The molecule has 0 aliphatic carbocycles. The van der Waals surface area contributed by atoms with Crippen molar-refractivity contribution in [3.63, 3.8) is 0 Å². The predicted octanol–water partition coefficient (Wildman–Crippen LogP) is 3.21. The van der Waals surface area contributed by atoms with E-state index in [0.717, 1.165) is 29.6 Å². The third-order valence-electron chi connectivity index (χ3n) is 4.01. The zero-order valence-electron chi connectivity index (χ0n) is 14.3. The van der Waals surface area contributed by atoms with Crippen LogP contribution in [0.4, 0.5) is 11.5 Å². The Labute approximate surface area is 152 Å². The number of rotatable bonds is 6. The molecule has 1 aliphatic heterocycles. The molecule has 0 spiro atoms. The van der Waals surface area contributed by atoms with Crippen molar-refractivity contribution in [1.82, 2.24) is 10.2 Å². The topological polar surface area (TPSA) is 67.3 Å². The second-order valence-electron chi connectivity index (χ2n) is 5.85. The molecular weight excluding hydrogens is 336 g/mol. The smallest absolute Gasteiger partial charge is 0.234 e. The van der Waals surface area contributed by atoms with Crippen LogP contribution in [0, 0.1) is 0 Å². The van der Waals surface area contributed by atoms with Gasteiger partial charge >= 0.3 is 0 Å². The number of nitrogens with zero attached hydrogens (tertiary/aromatic N) is 3. The summed E-state index contributed by atoms with van der Waals surface area (Å²) in [4.78, 5) is 14.3. The van der Waals surface area contributed by atoms with Crippen molar-refractivity contribution in [2.24, 2.45) is 0 Å². The monoisotopic (exact) mass is 358 g/mol. The molecule has 0 saturated carbocycles. The molecule has 1 amide bonds. The number of benzene rings is 1. The molecule has 3 rings (SSSR count). The maximum Gasteiger partial charge on any atom is 0.234 e. The van der Waals surface area contributed by atoms with E-state index in [1.165, 1.54) is 31.0 Å². The van der Waals surface area contributed by atoms with Gasteiger partial charge in [-0.15, -0.1) is 10.2 Å². The minimum atomic E-state index is -0.0832. The molecule has 1 aromatic heterocycles. The van der Waals surface area contributed by atoms with Crippen molar-refractivity contribution in [2.45, 2.75) is 24.3 Å². The van der Waals surface area contributed by atoms with Crippen LogP contribution >= 0.6 is 11.8 Å². The van der Waals surface area contributed by atoms with E-state index in [0.29, 0.717) is 5.75 Å². The van der Waals surface area contributed by atoms with Crippen LogP contribution in [0.3, 0.4) is 0 Å². The summed E-state index contributed by atoms with van der Waals surface area (Å²) in [7, 11) is 1.60. The fraction of sp³-hybridized carbons (Fsp3) is 0.389. The van der Waals surface area contributed by atoms with Crippen LogP contribution in [0.5, 0.6) is 5.75 Å². The van der Waals surface area contributed by atoms with Crippen molar-refractivity contribution in [3.05, 3.63) is 36.4 Å². The number of aromatic nitrogens is 2. The van der Waals surface area contributed by atoms with Crippen molar-refractivity contribution < 1.29 is 9.53 Å². The molecule has 0 bridgehead atoms. The van der Waals surface area contributed by atoms with E-state index < -0.39 is 0 Å². The fourth-order valence-corrected chi connectivity index (χ4v) is 3.33. The lowest BCUT2D eigenvalue weighted by Crippen LogP contribution is -2.30. The summed E-state index contributed by atoms with van der Waals surface area (Å²) in [6.45, 7) is 2.09. The maximum atomic E-state index is 12.1. The van der Waals surface area contributed by atoms with Gasteiger partial charge in [0.15, 0.2) is 5.82 Å². The average Bonchev–Trinajstić information content (AvgIpc) is 2.67. The van der Waals surface area contributed by atoms with Gasteiger partial charge in [-0.25, -0.2) is 0 Å². The summed E-state index contributed by atoms with van der Waals surface area (Å²) >= 11 is 1.38. The maximum absolute atomic E-state index is 12.1. The molecule has 0 radical (unpaired) electrons. The first-order valence-electron chi connectivity index (χ1n) is 8.40. The number of methoxy groups -OCH3 is 1. The first kappa shape index (κ1) is 17.5. The van der Waals surface area contributed by atoms with Crippen LogP contribution < -0.4 is 15.0 Å². The summed E-state index contributed by atoms with van der Waals surface area (Å²) in [6.07, 6.45) is 3.71. The highest BCUT2D eigenvalue weighted by Crippen LogP contribution is 2.21. The van der Waals surface area contributed by atoms with Crippen molar-refractivity contribution >= 4 is 29.2 Å². The molecule has 2 heterocycles. The third kappa shape index (κ3) is 5.09. The summed E-state index contributed by atoms with van der Waals surface area (Å²) in [5.41, 5.74) is 0.719. The highest BCUT2D eigenvalue weighted by Gasteiger charge is 2.13. The molecule has 0 unspecified atom stereocenters. The molecule has 6 nitrogen and oxygen atoms in total. The highest BCUT2D eigenvalue weighted by atomic mass is 32.2. The second-order valence-corrected chi connectivity index (χ2v) is 6.84. The van der Waals surface area contributed by atoms with E-state index in [1.54, 1.807) is 13.2 Å². The number of carbonyl (C=O) groups is 1. The summed E-state index contributed by atoms with van der Waals surface area (Å²) < 4.78 is 5.15. The summed E-state index contributed by atoms with van der Waals surface area (Å²) in [5, 5.41) is 12.1. The minimum absolute atomic E-state index is 0.0832. The Balaban J connectivity index is 1.49. The van der Waals surface area contributed by atoms with Gasteiger partial charge in [0.05, 0.1) is 12.9 Å². The van der Waals surface area contributed by atoms with Crippen molar-refractivity contribution in [3.8, 4) is 5.75 Å². The lowest BCUT2D eigenvalue weighted by atomic mass is 10.1. The normalized spacial score (nSPS) is 14.2. The number of piperidine rings is 1. The largest absolute Gasteiger partial charge is 0.497 e. The van der Waals surface area contributed by atoms with Crippen molar-refractivity contribution in [2.75, 3.05) is 36.2 Å². The molecule has 132 valence electrons. The molecule has 0 atom stereocenters. The van der Waals surface area contributed by atoms with Gasteiger partial charge in [0.1, 0.15) is 10.8 Å². The first-order valence-corrected chi connectivity index (χ1v) is 9.38. The minimum Gasteiger partial charge on any atom is -0.497 e. The number of nitrogens with one attached hydrogen (secondary N) is 1. The van der Waals surface area contributed by atoms with E-state index in [2.05, 4.69) is 20.4 Å². The molecule has 25 heavy (non-hydrogen) atoms. The number of anilines is 2. The summed E-state index contributed by atoms with van der Waals surface area (Å²) in [5.74, 6) is 1.84. The Bertz CT molecular complexity index is 702. The Morgan fingerprint density at radius 2 is 2.04 bits per heavy atom. The third-order valence-corrected chi connectivity index (χ3v) is 4.93. The van der Waals surface area contributed by atoms with E-state index in [1.807, 2.05) is 30.3 Å². The van der Waals surface area contributed by atoms with Gasteiger partial charge < -0.3 is 15.0 Å². The number of carbonyl (C=O) groups excluding carboxylic acids is 1. The first-order chi connectivity index (χ1) is 12.2. The van der Waals surface area contributed by atoms with Gasteiger partial charge in [-0.2, -0.15) is 0 Å². The van der Waals surface area contributed by atoms with Gasteiger partial charge in [0.25, 0.3) is 0 Å². The van der Waals surface area contributed by atoms with Gasteiger partial charge in [-0.05, 0) is 43.5 Å². The Morgan fingerprint density at radius 3 is 2.76 bits per heavy atom. The Kier molecular flexibility index (Phi) is 6.11. The van der Waals surface area contributed by atoms with Crippen LogP contribution in [0.1, 0.15) is 19.3 Å². The van der Waals surface area contributed by atoms with E-state index in [4.69, 9.17) is 4.74 Å². The molecule has 1 saturated heterocycles. The lowest BCUT2D eigenvalue weighted by molar-refractivity contribution is -0.113. The average molecular weight is 358 g/mol. The van der Waals surface area contributed by atoms with E-state index in [9.17, 15) is 4.79 Å². The zero-order chi connectivity index (χ0) is 17.5. The number of hydrogen-bond acceptors (Lipinski definition) is 6. The van der Waals surface area contributed by atoms with Crippen LogP contribution in [-0.4, -0.2) is 42.1 Å². The Morgan fingerprint density at radius 1 is 1.20 bits per heavy atom. The number of hydrogen-bond donors (Lipinski definition) is 1. The van der Waals surface area contributed by atoms with Gasteiger partial charge in [-0.3, -0.25) is 4.79 Å². The van der Waals surface area contributed by atoms with Crippen LogP contribution in [0.15, 0.2) is 41.4 Å². The second kappa shape index (κ2) is 8.71. The van der Waals surface area contributed by atoms with E-state index >= 15 is 0 Å². The molecule has 7 heteroatoms. The molecule has 1 aliphatic rings. The van der Waals surface area contributed by atoms with Crippen LogP contribution in [0.25, 0.3) is 0 Å². The quantitative estimate of drug-likeness (QED) is 0.800. The molecule has 1 aromatic carbocycles. The van der Waals surface area contributed by atoms with Crippen LogP contribution in [-0.2, 0) is 4.79 Å². The fourth-order valence-electron chi connectivity index (χ4n) is 2.72. The number of amides is 1. The Hall–Kier alpha value is -2.28. The molecule has 2 aromatic rings. The molecular formula is C18H22N4O2S. The van der Waals surface area contributed by atoms with Gasteiger partial charge in [-0.1, -0.05) is 17.8 Å². The standard InChI is InChI=1S/C18H22N4O2S/c1-24-15-7-5-6-14(12-15)19-17(23)13-25-18-9-8-16(20-21-18)22-10-3-2-4-11-22/h5-9,12H,2-4,10-11,13H2,1H3,(H,19,23). The highest BCUT2D eigenvalue weighted by molar-refractivity contribution is 7.99. The number of ether oxygens (including phenoxy) is 1. The molecule has 1 N–H and O–H groups in total. The SMILES string of the molecule is COc1cccc(NC(=O)CSc2ccc(N3CCCCC3)nn2)c1. The van der Waals surface area contributed by atoms with E-state index in [-0.39, 0.29) is 11.7 Å². The summed E-state index contributed by atoms with van der Waals surface area (Å²) in [6, 6.07) is 11.2. The van der Waals surface area contributed by atoms with Gasteiger partial charge in [0, 0.05) is 24.8 Å². The molecule has 1 fully saturated rings. The van der Waals surface area contributed by atoms with Gasteiger partial charge in [0.2, 0.25) is 5.91 Å². The van der Waals surface area contributed by atoms with Crippen molar-refractivity contribution in [1.29, 1.82) is 0 Å². The lowest BCUT2D eigenvalue weighted by Gasteiger charge is -2.27. The predicted molar refractivity (Wildman–Crippen MR) is 100 cm³/mol. The number of thioether (sulfide) groups is 1. The van der Waals surface area contributed by atoms with Crippen LogP contribution in [0.2, 0.25) is 0 Å².